The van der Waals surface area contributed by atoms with Gasteiger partial charge in [-0.1, -0.05) is 49.0 Å². The smallest absolute Gasteiger partial charge is 0.333 e. The van der Waals surface area contributed by atoms with Gasteiger partial charge in [-0.05, 0) is 79.8 Å². The number of aryl methyl sites for hydroxylation is 2. The number of amidine groups is 1. The van der Waals surface area contributed by atoms with Crippen molar-refractivity contribution < 1.29 is 27.6 Å². The fourth-order valence-electron chi connectivity index (χ4n) is 4.48. The van der Waals surface area contributed by atoms with Crippen LogP contribution in [0.5, 0.6) is 0 Å². The van der Waals surface area contributed by atoms with Gasteiger partial charge in [-0.3, -0.25) is 9.69 Å². The van der Waals surface area contributed by atoms with Gasteiger partial charge in [0.2, 0.25) is 5.91 Å². The molecule has 0 bridgehead atoms. The van der Waals surface area contributed by atoms with Crippen molar-refractivity contribution in [3.63, 3.8) is 0 Å². The molecule has 12 heteroatoms. The second-order valence-electron chi connectivity index (χ2n) is 9.75. The van der Waals surface area contributed by atoms with E-state index in [9.17, 15) is 27.6 Å². The molecule has 220 valence electrons. The highest BCUT2D eigenvalue weighted by Crippen LogP contribution is 2.33. The molecule has 1 heterocycles. The number of urea groups is 2. The Labute approximate surface area is 245 Å². The van der Waals surface area contributed by atoms with Crippen molar-refractivity contribution in [2.45, 2.75) is 45.8 Å². The Morgan fingerprint density at radius 3 is 2.21 bits per heavy atom. The lowest BCUT2D eigenvalue weighted by atomic mass is 10.0. The van der Waals surface area contributed by atoms with Crippen LogP contribution in [0.15, 0.2) is 71.7 Å². The number of alkyl halides is 3. The number of para-hydroxylation sites is 1. The number of carbonyl (C=O) groups excluding carboxylic acids is 3. The molecule has 0 spiro atoms. The summed E-state index contributed by atoms with van der Waals surface area (Å²) in [4.78, 5) is 43.4. The molecule has 4 rings (SSSR count). The first-order chi connectivity index (χ1) is 19.9. The van der Waals surface area contributed by atoms with Gasteiger partial charge in [0.15, 0.2) is 5.17 Å². The maximum Gasteiger partial charge on any atom is 0.416 e. The highest BCUT2D eigenvalue weighted by molar-refractivity contribution is 8.15. The zero-order valence-electron chi connectivity index (χ0n) is 23.2. The Bertz CT molecular complexity index is 1490. The minimum atomic E-state index is -4.45. The predicted molar refractivity (Wildman–Crippen MR) is 160 cm³/mol. The number of anilines is 3. The number of nitrogens with one attached hydrogen (secondary N) is 3. The van der Waals surface area contributed by atoms with Crippen LogP contribution >= 0.6 is 11.8 Å². The number of hydrogen-bond donors (Lipinski definition) is 3. The quantitative estimate of drug-likeness (QED) is 0.273. The number of amides is 5. The third kappa shape index (κ3) is 7.69. The van der Waals surface area contributed by atoms with Crippen molar-refractivity contribution in [1.82, 2.24) is 5.32 Å². The van der Waals surface area contributed by atoms with Gasteiger partial charge in [0, 0.05) is 17.4 Å². The molecular weight excluding hydrogens is 567 g/mol. The molecule has 1 unspecified atom stereocenters. The van der Waals surface area contributed by atoms with Crippen LogP contribution in [-0.2, 0) is 23.8 Å². The highest BCUT2D eigenvalue weighted by Gasteiger charge is 2.33. The van der Waals surface area contributed by atoms with E-state index in [1.165, 1.54) is 28.8 Å². The van der Waals surface area contributed by atoms with Gasteiger partial charge < -0.3 is 16.0 Å². The number of halogens is 3. The van der Waals surface area contributed by atoms with Gasteiger partial charge in [-0.2, -0.15) is 18.2 Å². The first kappa shape index (κ1) is 30.6. The van der Waals surface area contributed by atoms with E-state index < -0.39 is 23.8 Å². The fraction of sp³-hybridized carbons (Fsp3) is 0.267. The van der Waals surface area contributed by atoms with Crippen LogP contribution in [0.1, 0.15) is 36.1 Å². The first-order valence-corrected chi connectivity index (χ1v) is 14.2. The van der Waals surface area contributed by atoms with Crippen molar-refractivity contribution in [3.8, 4) is 0 Å². The molecule has 1 fully saturated rings. The van der Waals surface area contributed by atoms with E-state index in [2.05, 4.69) is 20.9 Å². The Morgan fingerprint density at radius 2 is 1.62 bits per heavy atom. The summed E-state index contributed by atoms with van der Waals surface area (Å²) in [6.45, 7) is 5.78. The van der Waals surface area contributed by atoms with Crippen LogP contribution in [0.3, 0.4) is 0 Å². The van der Waals surface area contributed by atoms with Crippen LogP contribution in [0.4, 0.5) is 39.8 Å². The van der Waals surface area contributed by atoms with E-state index in [0.717, 1.165) is 40.9 Å². The van der Waals surface area contributed by atoms with Gasteiger partial charge in [-0.25, -0.2) is 9.59 Å². The van der Waals surface area contributed by atoms with Crippen LogP contribution in [0, 0.1) is 6.92 Å². The maximum absolute atomic E-state index is 12.8. The molecule has 3 aromatic rings. The molecule has 5 amide bonds. The number of rotatable bonds is 7. The van der Waals surface area contributed by atoms with Crippen molar-refractivity contribution in [2.75, 3.05) is 21.3 Å². The zero-order chi connectivity index (χ0) is 30.4. The predicted octanol–water partition coefficient (Wildman–Crippen LogP) is 7.00. The average Bonchev–Trinajstić information content (AvgIpc) is 3.28. The highest BCUT2D eigenvalue weighted by atomic mass is 32.2. The van der Waals surface area contributed by atoms with Gasteiger partial charge >= 0.3 is 18.2 Å². The van der Waals surface area contributed by atoms with Gasteiger partial charge in [-0.15, -0.1) is 0 Å². The van der Waals surface area contributed by atoms with Gasteiger partial charge in [0.25, 0.3) is 0 Å². The van der Waals surface area contributed by atoms with Crippen LogP contribution in [-0.4, -0.2) is 34.9 Å². The van der Waals surface area contributed by atoms with Crippen molar-refractivity contribution >= 4 is 52.0 Å². The lowest BCUT2D eigenvalue weighted by Gasteiger charge is -2.22. The maximum atomic E-state index is 12.8. The van der Waals surface area contributed by atoms with E-state index in [1.807, 2.05) is 39.0 Å². The third-order valence-corrected chi connectivity index (χ3v) is 7.41. The molecule has 0 saturated carbocycles. The van der Waals surface area contributed by atoms with E-state index in [-0.39, 0.29) is 23.4 Å². The number of carbonyl (C=O) groups is 3. The standard InChI is InChI=1S/C30H30F3N5O3S/c1-4-21-7-5-6-18(2)26(21)38-25(39)17-42-29(38)37-27(40)34-19(3)16-20-8-12-23(13-9-20)35-28(41)36-24-14-10-22(11-15-24)30(31,32)33/h5-15,19H,4,16-17H2,1-3H3,(H,34,40)(H2,35,36,41)/b37-29-. The molecular formula is C30H30F3N5O3S. The number of benzene rings is 3. The van der Waals surface area contributed by atoms with E-state index in [4.69, 9.17) is 0 Å². The summed E-state index contributed by atoms with van der Waals surface area (Å²) < 4.78 is 38.1. The average molecular weight is 598 g/mol. The molecule has 1 aliphatic heterocycles. The summed E-state index contributed by atoms with van der Waals surface area (Å²) in [5, 5.41) is 8.31. The molecule has 1 aliphatic rings. The second-order valence-corrected chi connectivity index (χ2v) is 10.7. The number of thioether (sulfide) groups is 1. The Balaban J connectivity index is 1.31. The summed E-state index contributed by atoms with van der Waals surface area (Å²) in [5.74, 6) is 0.0902. The first-order valence-electron chi connectivity index (χ1n) is 13.2. The monoisotopic (exact) mass is 597 g/mol. The molecule has 42 heavy (non-hydrogen) atoms. The second kappa shape index (κ2) is 13.1. The Hall–Kier alpha value is -4.32. The largest absolute Gasteiger partial charge is 0.416 e. The van der Waals surface area contributed by atoms with Crippen LogP contribution < -0.4 is 20.9 Å². The Morgan fingerprint density at radius 1 is 1.00 bits per heavy atom. The molecule has 8 nitrogen and oxygen atoms in total. The molecule has 1 atom stereocenters. The molecule has 0 radical (unpaired) electrons. The molecule has 3 N–H and O–H groups in total. The number of aliphatic imine (C=N–C) groups is 1. The van der Waals surface area contributed by atoms with E-state index >= 15 is 0 Å². The van der Waals surface area contributed by atoms with Crippen molar-refractivity contribution in [2.24, 2.45) is 4.99 Å². The number of nitrogens with zero attached hydrogens (tertiary/aromatic N) is 2. The summed E-state index contributed by atoms with van der Waals surface area (Å²) in [7, 11) is 0. The molecule has 0 aliphatic carbocycles. The van der Waals surface area contributed by atoms with Gasteiger partial charge in [0.05, 0.1) is 17.0 Å². The SMILES string of the molecule is CCc1cccc(C)c1N1C(=O)CS/C1=N\C(=O)NC(C)Cc1ccc(NC(=O)Nc2ccc(C(F)(F)F)cc2)cc1. The van der Waals surface area contributed by atoms with Crippen molar-refractivity contribution in [1.29, 1.82) is 0 Å². The summed E-state index contributed by atoms with van der Waals surface area (Å²) >= 11 is 1.23. The molecule has 3 aromatic carbocycles. The minimum Gasteiger partial charge on any atom is -0.333 e. The molecule has 0 aromatic heterocycles. The number of hydrogen-bond acceptors (Lipinski definition) is 4. The van der Waals surface area contributed by atoms with Crippen LogP contribution in [0.2, 0.25) is 0 Å². The lowest BCUT2D eigenvalue weighted by molar-refractivity contribution is -0.137. The summed E-state index contributed by atoms with van der Waals surface area (Å²) in [5.41, 5.74) is 3.50. The van der Waals surface area contributed by atoms with Gasteiger partial charge in [0.1, 0.15) is 0 Å². The Kier molecular flexibility index (Phi) is 9.56. The van der Waals surface area contributed by atoms with Crippen LogP contribution in [0.25, 0.3) is 0 Å². The fourth-order valence-corrected chi connectivity index (χ4v) is 5.34. The summed E-state index contributed by atoms with van der Waals surface area (Å²) in [6, 6.07) is 15.5. The zero-order valence-corrected chi connectivity index (χ0v) is 24.0. The summed E-state index contributed by atoms with van der Waals surface area (Å²) in [6.07, 6.45) is -3.23. The minimum absolute atomic E-state index is 0.120. The topological polar surface area (TPSA) is 103 Å². The van der Waals surface area contributed by atoms with E-state index in [0.29, 0.717) is 17.3 Å². The lowest BCUT2D eigenvalue weighted by Crippen LogP contribution is -2.35. The molecule has 1 saturated heterocycles. The normalized spacial score (nSPS) is 15.0. The van der Waals surface area contributed by atoms with Crippen molar-refractivity contribution in [3.05, 3.63) is 89.0 Å². The van der Waals surface area contributed by atoms with E-state index in [1.54, 1.807) is 24.3 Å². The third-order valence-electron chi connectivity index (χ3n) is 6.48.